The van der Waals surface area contributed by atoms with Gasteiger partial charge in [0.25, 0.3) is 5.91 Å². The first kappa shape index (κ1) is 18.1. The molecule has 0 aromatic heterocycles. The van der Waals surface area contributed by atoms with E-state index in [0.29, 0.717) is 5.69 Å². The number of allylic oxidation sites excluding steroid dienone is 1. The SMILES string of the molecule is CC1=C(C(=O)Nc2ccc(Br)cc2)[C@H](c2c(F)cccc2F)NC(=O)N1. The van der Waals surface area contributed by atoms with Crippen LogP contribution in [0.1, 0.15) is 18.5 Å². The van der Waals surface area contributed by atoms with E-state index in [1.54, 1.807) is 24.3 Å². The molecule has 8 heteroatoms. The van der Waals surface area contributed by atoms with Gasteiger partial charge in [0, 0.05) is 15.9 Å². The number of amides is 3. The smallest absolute Gasteiger partial charge is 0.319 e. The molecule has 3 amide bonds. The average molecular weight is 422 g/mol. The summed E-state index contributed by atoms with van der Waals surface area (Å²) in [6.45, 7) is 1.50. The minimum Gasteiger partial charge on any atom is -0.326 e. The van der Waals surface area contributed by atoms with E-state index in [4.69, 9.17) is 0 Å². The lowest BCUT2D eigenvalue weighted by molar-refractivity contribution is -0.113. The van der Waals surface area contributed by atoms with E-state index < -0.39 is 29.6 Å². The summed E-state index contributed by atoms with van der Waals surface area (Å²) in [5.74, 6) is -2.28. The van der Waals surface area contributed by atoms with Gasteiger partial charge in [0.2, 0.25) is 0 Å². The maximum Gasteiger partial charge on any atom is 0.319 e. The van der Waals surface area contributed by atoms with Crippen molar-refractivity contribution in [2.24, 2.45) is 0 Å². The Morgan fingerprint density at radius 1 is 1.12 bits per heavy atom. The molecule has 5 nitrogen and oxygen atoms in total. The highest BCUT2D eigenvalue weighted by Gasteiger charge is 2.34. The molecule has 1 heterocycles. The summed E-state index contributed by atoms with van der Waals surface area (Å²) in [6, 6.07) is 8.30. The molecule has 0 radical (unpaired) electrons. The molecule has 3 rings (SSSR count). The molecule has 0 saturated carbocycles. The standard InChI is InChI=1S/C18H14BrF2N3O2/c1-9-14(17(25)23-11-7-5-10(19)6-8-11)16(24-18(26)22-9)15-12(20)3-2-4-13(15)21/h2-8,16H,1H3,(H,23,25)(H2,22,24,26)/t16-/m1/s1. The zero-order valence-electron chi connectivity index (χ0n) is 13.6. The number of nitrogens with one attached hydrogen (secondary N) is 3. The molecule has 1 aliphatic heterocycles. The monoisotopic (exact) mass is 421 g/mol. The van der Waals surface area contributed by atoms with Crippen LogP contribution in [-0.2, 0) is 4.79 Å². The van der Waals surface area contributed by atoms with Crippen molar-refractivity contribution in [1.82, 2.24) is 10.6 Å². The van der Waals surface area contributed by atoms with Crippen LogP contribution in [0.15, 0.2) is 58.2 Å². The zero-order chi connectivity index (χ0) is 18.8. The van der Waals surface area contributed by atoms with Crippen LogP contribution in [0.5, 0.6) is 0 Å². The molecule has 1 atom stereocenters. The topological polar surface area (TPSA) is 70.2 Å². The lowest BCUT2D eigenvalue weighted by atomic mass is 9.94. The van der Waals surface area contributed by atoms with Gasteiger partial charge in [0.1, 0.15) is 11.6 Å². The second-order valence-corrected chi connectivity index (χ2v) is 6.58. The molecule has 0 spiro atoms. The summed E-state index contributed by atoms with van der Waals surface area (Å²) in [5, 5.41) is 7.54. The molecule has 26 heavy (non-hydrogen) atoms. The maximum atomic E-state index is 14.2. The second kappa shape index (κ2) is 7.25. The number of carbonyl (C=O) groups excluding carboxylic acids is 2. The van der Waals surface area contributed by atoms with E-state index in [-0.39, 0.29) is 16.8 Å². The second-order valence-electron chi connectivity index (χ2n) is 5.67. The Balaban J connectivity index is 2.00. The largest absolute Gasteiger partial charge is 0.326 e. The van der Waals surface area contributed by atoms with E-state index >= 15 is 0 Å². The van der Waals surface area contributed by atoms with Crippen molar-refractivity contribution in [1.29, 1.82) is 0 Å². The first-order chi connectivity index (χ1) is 12.4. The van der Waals surface area contributed by atoms with Gasteiger partial charge in [-0.2, -0.15) is 0 Å². The lowest BCUT2D eigenvalue weighted by Gasteiger charge is -2.29. The highest BCUT2D eigenvalue weighted by atomic mass is 79.9. The fourth-order valence-electron chi connectivity index (χ4n) is 2.73. The molecule has 2 aromatic rings. The molecule has 2 aromatic carbocycles. The van der Waals surface area contributed by atoms with Crippen molar-refractivity contribution in [3.63, 3.8) is 0 Å². The van der Waals surface area contributed by atoms with Crippen molar-refractivity contribution in [2.75, 3.05) is 5.32 Å². The molecule has 0 unspecified atom stereocenters. The van der Waals surface area contributed by atoms with Gasteiger partial charge >= 0.3 is 6.03 Å². The van der Waals surface area contributed by atoms with Crippen LogP contribution < -0.4 is 16.0 Å². The van der Waals surface area contributed by atoms with Gasteiger partial charge in [-0.05, 0) is 43.3 Å². The summed E-state index contributed by atoms with van der Waals surface area (Å²) in [4.78, 5) is 24.6. The van der Waals surface area contributed by atoms with Crippen LogP contribution >= 0.6 is 15.9 Å². The van der Waals surface area contributed by atoms with Gasteiger partial charge in [-0.15, -0.1) is 0 Å². The van der Waals surface area contributed by atoms with E-state index in [0.717, 1.165) is 16.6 Å². The maximum absolute atomic E-state index is 14.2. The quantitative estimate of drug-likeness (QED) is 0.700. The number of urea groups is 1. The van der Waals surface area contributed by atoms with Gasteiger partial charge in [0.05, 0.1) is 17.2 Å². The minimum atomic E-state index is -1.25. The van der Waals surface area contributed by atoms with Gasteiger partial charge in [0.15, 0.2) is 0 Å². The summed E-state index contributed by atoms with van der Waals surface area (Å²) in [5.41, 5.74) is 0.360. The van der Waals surface area contributed by atoms with Gasteiger partial charge in [-0.1, -0.05) is 22.0 Å². The van der Waals surface area contributed by atoms with Crippen molar-refractivity contribution >= 4 is 33.6 Å². The lowest BCUT2D eigenvalue weighted by Crippen LogP contribution is -2.46. The summed E-state index contributed by atoms with van der Waals surface area (Å²) in [7, 11) is 0. The Hall–Kier alpha value is -2.74. The van der Waals surface area contributed by atoms with E-state index in [1.165, 1.54) is 13.0 Å². The van der Waals surface area contributed by atoms with Crippen LogP contribution in [0.25, 0.3) is 0 Å². The number of hydrogen-bond acceptors (Lipinski definition) is 2. The Labute approximate surface area is 156 Å². The third kappa shape index (κ3) is 3.60. The third-order valence-electron chi connectivity index (χ3n) is 3.90. The average Bonchev–Trinajstić information content (AvgIpc) is 2.56. The number of hydrogen-bond donors (Lipinski definition) is 3. The van der Waals surface area contributed by atoms with Gasteiger partial charge in [-0.25, -0.2) is 13.6 Å². The molecule has 0 fully saturated rings. The van der Waals surface area contributed by atoms with Crippen LogP contribution in [0.4, 0.5) is 19.3 Å². The number of halogens is 3. The van der Waals surface area contributed by atoms with Crippen molar-refractivity contribution in [3.05, 3.63) is 75.4 Å². The summed E-state index contributed by atoms with van der Waals surface area (Å²) < 4.78 is 29.3. The predicted octanol–water partition coefficient (Wildman–Crippen LogP) is 3.99. The fourth-order valence-corrected chi connectivity index (χ4v) is 2.99. The third-order valence-corrected chi connectivity index (χ3v) is 4.43. The highest BCUT2D eigenvalue weighted by molar-refractivity contribution is 9.10. The Bertz CT molecular complexity index is 893. The molecule has 3 N–H and O–H groups in total. The molecule has 1 aliphatic rings. The molecular weight excluding hydrogens is 408 g/mol. The Kier molecular flexibility index (Phi) is 5.03. The normalized spacial score (nSPS) is 16.8. The summed E-state index contributed by atoms with van der Waals surface area (Å²) in [6.07, 6.45) is 0. The first-order valence-corrected chi connectivity index (χ1v) is 8.45. The number of benzene rings is 2. The molecule has 0 aliphatic carbocycles. The molecule has 134 valence electrons. The Morgan fingerprint density at radius 3 is 2.35 bits per heavy atom. The van der Waals surface area contributed by atoms with E-state index in [2.05, 4.69) is 31.9 Å². The molecule has 0 bridgehead atoms. The molecular formula is C18H14BrF2N3O2. The number of carbonyl (C=O) groups is 2. The van der Waals surface area contributed by atoms with E-state index in [9.17, 15) is 18.4 Å². The number of rotatable bonds is 3. The zero-order valence-corrected chi connectivity index (χ0v) is 15.2. The van der Waals surface area contributed by atoms with Crippen LogP contribution in [0.3, 0.4) is 0 Å². The summed E-state index contributed by atoms with van der Waals surface area (Å²) >= 11 is 3.30. The van der Waals surface area contributed by atoms with Crippen LogP contribution in [0, 0.1) is 11.6 Å². The van der Waals surface area contributed by atoms with Gasteiger partial charge in [-0.3, -0.25) is 4.79 Å². The minimum absolute atomic E-state index is 0.0246. The highest BCUT2D eigenvalue weighted by Crippen LogP contribution is 2.31. The predicted molar refractivity (Wildman–Crippen MR) is 96.2 cm³/mol. The Morgan fingerprint density at radius 2 is 1.73 bits per heavy atom. The molecule has 0 saturated heterocycles. The van der Waals surface area contributed by atoms with Crippen LogP contribution in [-0.4, -0.2) is 11.9 Å². The van der Waals surface area contributed by atoms with Crippen LogP contribution in [0.2, 0.25) is 0 Å². The van der Waals surface area contributed by atoms with Crippen molar-refractivity contribution < 1.29 is 18.4 Å². The van der Waals surface area contributed by atoms with Gasteiger partial charge < -0.3 is 16.0 Å². The fraction of sp³-hybridized carbons (Fsp3) is 0.111. The van der Waals surface area contributed by atoms with Crippen molar-refractivity contribution in [3.8, 4) is 0 Å². The first-order valence-electron chi connectivity index (χ1n) is 7.66. The number of anilines is 1. The van der Waals surface area contributed by atoms with Crippen molar-refractivity contribution in [2.45, 2.75) is 13.0 Å². The van der Waals surface area contributed by atoms with E-state index in [1.807, 2.05) is 0 Å².